The fourth-order valence-corrected chi connectivity index (χ4v) is 10.2. The summed E-state index contributed by atoms with van der Waals surface area (Å²) in [4.78, 5) is 49.6. The number of morpholine rings is 1. The maximum atomic E-state index is 13.4. The first-order valence-corrected chi connectivity index (χ1v) is 31.8. The lowest BCUT2D eigenvalue weighted by atomic mass is 9.92. The number of aryl methyl sites for hydroxylation is 4. The van der Waals surface area contributed by atoms with Crippen LogP contribution >= 0.6 is 82.0 Å². The van der Waals surface area contributed by atoms with E-state index >= 15 is 0 Å². The SMILES string of the molecule is C1CCOCC1.Cc1ccn(-c2nc(Cl)nc(Cl)n2)n1.Cc1ccn(-c2nc(Cl)nc(NC3CCC(F)(F)CC3)n2)n1.Cc1ccn(-c2nc(NC3CCC(F)(F)CC3)nc(N3CCOCC3)n2)n1.Cc1ccn[nH]1.Cl.Clc1nc(Cl)nc(Cl)n1.NC1CCC(F)(F)CC1. The minimum Gasteiger partial charge on any atom is -0.381 e. The van der Waals surface area contributed by atoms with Crippen LogP contribution in [0.2, 0.25) is 31.7 Å². The van der Waals surface area contributed by atoms with Gasteiger partial charge in [0.25, 0.3) is 17.8 Å². The van der Waals surface area contributed by atoms with Crippen LogP contribution in [0, 0.1) is 27.7 Å². The van der Waals surface area contributed by atoms with Crippen LogP contribution in [-0.4, -0.2) is 175 Å². The number of hydrogen-bond acceptors (Lipinski definition) is 22. The van der Waals surface area contributed by atoms with E-state index in [9.17, 15) is 26.3 Å². The average Bonchev–Trinajstić information content (AvgIpc) is 1.34. The third-order valence-corrected chi connectivity index (χ3v) is 15.0. The number of rotatable bonds is 8. The molecule has 0 unspecified atom stereocenters. The zero-order chi connectivity index (χ0) is 67.1. The van der Waals surface area contributed by atoms with Crippen LogP contribution in [0.3, 0.4) is 0 Å². The standard InChI is InChI=1S/C17H23F2N7O.C13H15ClF2N6.C7H5Cl2N5.C6H11F2N.C5H10O.C4H6N2.C3Cl3N3.ClH/c1-12-4-7-26(24-12)16-22-14(20-13-2-5-17(18,19)6-3-13)21-15(23-16)25-8-10-27-11-9-25;1-8-4-7-22(21-8)12-19-10(14)18-11(20-12)17-9-2-5-13(15,16)6-3-9;1-4-2-3-14(13-4)7-11-5(8)10-6(9)12-7;7-6(8)3-1-5(9)2-4-6;1-2-4-6-5-3-1;1-4-2-3-5-6-4;4-1-7-2(5)9-3(6)8-1;/h4,7,13H,2-3,5-6,8-11H2,1H3,(H,20,21,22,23);4,7,9H,2-3,5-6H2,1H3,(H,17,18,19,20);2-3H,1H3;5H,1-4,9H2;1-5H2;2-3H,1H3,(H,5,6);;1H. The third kappa shape index (κ3) is 27.5. The molecule has 8 aromatic rings. The fourth-order valence-electron chi connectivity index (χ4n) is 9.04. The number of nitrogens with one attached hydrogen (secondary N) is 3. The number of halogens is 13. The Morgan fingerprint density at radius 3 is 1.14 bits per heavy atom. The second-order valence-corrected chi connectivity index (χ2v) is 23.8. The van der Waals surface area contributed by atoms with Gasteiger partial charge in [0.2, 0.25) is 67.3 Å². The number of ether oxygens (including phenoxy) is 2. The van der Waals surface area contributed by atoms with Gasteiger partial charge in [-0.25, -0.2) is 40.4 Å². The van der Waals surface area contributed by atoms with Crippen molar-refractivity contribution >= 4 is 99.9 Å². The van der Waals surface area contributed by atoms with E-state index in [0.717, 1.165) is 36.0 Å². The van der Waals surface area contributed by atoms with Crippen molar-refractivity contribution in [3.8, 4) is 17.8 Å². The summed E-state index contributed by atoms with van der Waals surface area (Å²) >= 11 is 33.1. The average molecular weight is 1460 g/mol. The van der Waals surface area contributed by atoms with Gasteiger partial charge in [0.05, 0.1) is 30.3 Å². The van der Waals surface area contributed by atoms with Gasteiger partial charge in [-0.05, 0) is 179 Å². The predicted octanol–water partition coefficient (Wildman–Crippen LogP) is 12.6. The first-order valence-electron chi connectivity index (χ1n) is 29.6. The van der Waals surface area contributed by atoms with Gasteiger partial charge in [-0.1, -0.05) is 0 Å². The van der Waals surface area contributed by atoms with Crippen LogP contribution in [0.4, 0.5) is 44.2 Å². The summed E-state index contributed by atoms with van der Waals surface area (Å²) in [5.74, 6) is -5.33. The Labute approximate surface area is 573 Å². The van der Waals surface area contributed by atoms with E-state index in [1.165, 1.54) is 28.6 Å². The predicted molar refractivity (Wildman–Crippen MR) is 346 cm³/mol. The summed E-state index contributed by atoms with van der Waals surface area (Å²) in [6.07, 6.45) is 12.8. The van der Waals surface area contributed by atoms with Crippen LogP contribution < -0.4 is 21.3 Å². The molecule has 0 aromatic carbocycles. The maximum Gasteiger partial charge on any atom is 0.257 e. The molecule has 3 saturated carbocycles. The molecule has 39 heteroatoms. The lowest BCUT2D eigenvalue weighted by molar-refractivity contribution is -0.0378. The Bertz CT molecular complexity index is 3440. The van der Waals surface area contributed by atoms with E-state index in [0.29, 0.717) is 88.6 Å². The van der Waals surface area contributed by atoms with E-state index in [2.05, 4.69) is 95.9 Å². The molecule has 2 aliphatic heterocycles. The summed E-state index contributed by atoms with van der Waals surface area (Å²) in [5.41, 5.74) is 9.06. The minimum absolute atomic E-state index is 0. The largest absolute Gasteiger partial charge is 0.381 e. The number of nitrogens with two attached hydrogens (primary N) is 1. The van der Waals surface area contributed by atoms with Crippen molar-refractivity contribution in [2.75, 3.05) is 55.1 Å². The van der Waals surface area contributed by atoms with Crippen molar-refractivity contribution < 1.29 is 35.8 Å². The fraction of sp³-hybridized carbons (Fsp3) is 0.564. The maximum absolute atomic E-state index is 13.4. The second kappa shape index (κ2) is 37.3. The first kappa shape index (κ1) is 76.8. The summed E-state index contributed by atoms with van der Waals surface area (Å²) in [7, 11) is 0. The smallest absolute Gasteiger partial charge is 0.257 e. The Hall–Kier alpha value is -6.23. The normalized spacial score (nSPS) is 17.5. The number of aromatic amines is 1. The van der Waals surface area contributed by atoms with Crippen molar-refractivity contribution in [2.45, 2.75) is 160 Å². The van der Waals surface area contributed by atoms with Gasteiger partial charge >= 0.3 is 0 Å². The van der Waals surface area contributed by atoms with Gasteiger partial charge in [-0.3, -0.25) is 5.10 Å². The first-order chi connectivity index (χ1) is 44.2. The van der Waals surface area contributed by atoms with E-state index in [1.807, 2.05) is 56.9 Å². The van der Waals surface area contributed by atoms with Gasteiger partial charge in [-0.15, -0.1) is 12.4 Å². The molecule has 5 fully saturated rings. The lowest BCUT2D eigenvalue weighted by Crippen LogP contribution is -2.38. The zero-order valence-corrected chi connectivity index (χ0v) is 56.8. The Morgan fingerprint density at radius 2 is 0.809 bits per heavy atom. The van der Waals surface area contributed by atoms with Crippen LogP contribution in [0.5, 0.6) is 0 Å². The second-order valence-electron chi connectivity index (χ2n) is 21.8. The molecule has 2 saturated heterocycles. The molecule has 3 aliphatic carbocycles. The molecular formula is C55H71Cl7F6N24O2. The molecule has 0 atom stereocenters. The molecule has 26 nitrogen and oxygen atoms in total. The molecule has 0 spiro atoms. The van der Waals surface area contributed by atoms with Gasteiger partial charge < -0.3 is 30.7 Å². The molecule has 0 amide bonds. The number of anilines is 3. The highest BCUT2D eigenvalue weighted by Crippen LogP contribution is 2.36. The van der Waals surface area contributed by atoms with Gasteiger partial charge in [0, 0.05) is 113 Å². The van der Waals surface area contributed by atoms with Gasteiger partial charge in [0.15, 0.2) is 0 Å². The highest BCUT2D eigenvalue weighted by molar-refractivity contribution is 6.33. The van der Waals surface area contributed by atoms with Crippen LogP contribution in [-0.2, 0) is 9.47 Å². The number of hydrogen-bond donors (Lipinski definition) is 4. The summed E-state index contributed by atoms with van der Waals surface area (Å²) in [6, 6.07) is 7.28. The van der Waals surface area contributed by atoms with Crippen molar-refractivity contribution in [3.63, 3.8) is 0 Å². The molecule has 5 aliphatic rings. The quantitative estimate of drug-likeness (QED) is 0.103. The van der Waals surface area contributed by atoms with Crippen LogP contribution in [0.1, 0.15) is 119 Å². The number of nitrogens with zero attached hydrogens (tertiary/aromatic N) is 20. The van der Waals surface area contributed by atoms with E-state index in [1.54, 1.807) is 29.5 Å². The van der Waals surface area contributed by atoms with Crippen molar-refractivity contribution in [1.82, 2.24) is 99.3 Å². The van der Waals surface area contributed by atoms with E-state index in [-0.39, 0.29) is 113 Å². The van der Waals surface area contributed by atoms with Gasteiger partial charge in [0.1, 0.15) is 0 Å². The Balaban J connectivity index is 0.000000186. The molecule has 94 heavy (non-hydrogen) atoms. The number of aromatic nitrogens is 20. The molecule has 514 valence electrons. The van der Waals surface area contributed by atoms with Gasteiger partial charge in [-0.2, -0.15) is 80.2 Å². The summed E-state index contributed by atoms with van der Waals surface area (Å²) in [5, 5.41) is 25.5. The van der Waals surface area contributed by atoms with Crippen LogP contribution in [0.25, 0.3) is 17.8 Å². The molecule has 0 bridgehead atoms. The minimum atomic E-state index is -2.56. The van der Waals surface area contributed by atoms with Crippen LogP contribution in [0.15, 0.2) is 49.1 Å². The molecular weight excluding hydrogens is 1390 g/mol. The highest BCUT2D eigenvalue weighted by atomic mass is 35.5. The number of H-pyrrole nitrogens is 1. The van der Waals surface area contributed by atoms with E-state index < -0.39 is 17.8 Å². The molecule has 13 rings (SSSR count). The molecule has 5 N–H and O–H groups in total. The van der Waals surface area contributed by atoms with E-state index in [4.69, 9.17) is 84.8 Å². The zero-order valence-electron chi connectivity index (χ0n) is 51.5. The lowest BCUT2D eigenvalue weighted by Gasteiger charge is -2.30. The Kier molecular flexibility index (Phi) is 30.5. The van der Waals surface area contributed by atoms with Crippen molar-refractivity contribution in [1.29, 1.82) is 0 Å². The topological polar surface area (TPSA) is 309 Å². The molecule has 0 radical (unpaired) electrons. The summed E-state index contributed by atoms with van der Waals surface area (Å²) in [6.45, 7) is 12.2. The highest BCUT2D eigenvalue weighted by Gasteiger charge is 2.37. The summed E-state index contributed by atoms with van der Waals surface area (Å²) < 4.78 is 92.8. The van der Waals surface area contributed by atoms with Crippen molar-refractivity contribution in [3.05, 3.63) is 104 Å². The molecule has 10 heterocycles. The Morgan fingerprint density at radius 1 is 0.457 bits per heavy atom. The third-order valence-electron chi connectivity index (χ3n) is 14.0. The van der Waals surface area contributed by atoms with Crippen molar-refractivity contribution in [2.24, 2.45) is 5.73 Å². The molecule has 8 aromatic heterocycles. The number of alkyl halides is 6. The monoisotopic (exact) mass is 1460 g/mol.